The Morgan fingerprint density at radius 3 is 2.53 bits per heavy atom. The molecular formula is C20H18F5N3O2. The van der Waals surface area contributed by atoms with Crippen molar-refractivity contribution in [1.82, 2.24) is 9.88 Å². The number of halogens is 5. The minimum absolute atomic E-state index is 0.104. The van der Waals surface area contributed by atoms with Crippen LogP contribution in [0, 0.1) is 11.6 Å². The maximum absolute atomic E-state index is 14.3. The molecule has 10 heteroatoms. The van der Waals surface area contributed by atoms with E-state index in [0.29, 0.717) is 36.1 Å². The van der Waals surface area contributed by atoms with Crippen LogP contribution < -0.4 is 5.32 Å². The van der Waals surface area contributed by atoms with Crippen molar-refractivity contribution in [3.63, 3.8) is 0 Å². The van der Waals surface area contributed by atoms with E-state index in [1.807, 2.05) is 0 Å². The quantitative estimate of drug-likeness (QED) is 0.718. The second kappa shape index (κ2) is 8.78. The summed E-state index contributed by atoms with van der Waals surface area (Å²) in [6.45, 7) is 0.236. The Morgan fingerprint density at radius 1 is 1.20 bits per heavy atom. The van der Waals surface area contributed by atoms with Gasteiger partial charge in [-0.1, -0.05) is 6.08 Å². The molecule has 30 heavy (non-hydrogen) atoms. The molecule has 1 aliphatic rings. The number of nitrogens with zero attached hydrogens (tertiary/aromatic N) is 2. The Kier molecular flexibility index (Phi) is 6.35. The van der Waals surface area contributed by atoms with Gasteiger partial charge in [0.25, 0.3) is 0 Å². The monoisotopic (exact) mass is 427 g/mol. The highest BCUT2D eigenvalue weighted by atomic mass is 19.4. The van der Waals surface area contributed by atoms with Crippen molar-refractivity contribution in [1.29, 1.82) is 0 Å². The number of anilines is 1. The SMILES string of the molecule is O=C(Nc1ccc(C(F)(F)F)c(F)c1)N1CC=C(c2ncc(CCO)cc2F)CC1. The highest BCUT2D eigenvalue weighted by Crippen LogP contribution is 2.32. The number of amides is 2. The third-order valence-electron chi connectivity index (χ3n) is 4.62. The Morgan fingerprint density at radius 2 is 1.97 bits per heavy atom. The van der Waals surface area contributed by atoms with Gasteiger partial charge in [-0.05, 0) is 48.2 Å². The van der Waals surface area contributed by atoms with Crippen LogP contribution in [0.15, 0.2) is 36.5 Å². The Labute approximate surface area is 168 Å². The van der Waals surface area contributed by atoms with Crippen LogP contribution in [-0.4, -0.2) is 40.7 Å². The maximum atomic E-state index is 14.3. The van der Waals surface area contributed by atoms with Crippen LogP contribution in [0.25, 0.3) is 5.57 Å². The first-order valence-electron chi connectivity index (χ1n) is 9.06. The zero-order valence-electron chi connectivity index (χ0n) is 15.6. The first-order chi connectivity index (χ1) is 14.2. The van der Waals surface area contributed by atoms with Crippen LogP contribution in [0.1, 0.15) is 23.2 Å². The van der Waals surface area contributed by atoms with E-state index in [0.717, 1.165) is 6.07 Å². The lowest BCUT2D eigenvalue weighted by atomic mass is 10.0. The average molecular weight is 427 g/mol. The lowest BCUT2D eigenvalue weighted by Crippen LogP contribution is -2.38. The highest BCUT2D eigenvalue weighted by Gasteiger charge is 2.34. The van der Waals surface area contributed by atoms with Gasteiger partial charge in [0.1, 0.15) is 17.3 Å². The van der Waals surface area contributed by atoms with Gasteiger partial charge in [-0.3, -0.25) is 4.98 Å². The number of nitrogens with one attached hydrogen (secondary N) is 1. The van der Waals surface area contributed by atoms with Crippen LogP contribution in [-0.2, 0) is 12.6 Å². The number of pyridine rings is 1. The van der Waals surface area contributed by atoms with Gasteiger partial charge in [-0.15, -0.1) is 0 Å². The smallest absolute Gasteiger partial charge is 0.396 e. The summed E-state index contributed by atoms with van der Waals surface area (Å²) in [4.78, 5) is 17.8. The number of rotatable bonds is 4. The van der Waals surface area contributed by atoms with E-state index in [2.05, 4.69) is 10.3 Å². The van der Waals surface area contributed by atoms with E-state index in [4.69, 9.17) is 5.11 Å². The number of aliphatic hydroxyl groups excluding tert-OH is 1. The van der Waals surface area contributed by atoms with Gasteiger partial charge >= 0.3 is 12.2 Å². The van der Waals surface area contributed by atoms with E-state index in [-0.39, 0.29) is 31.1 Å². The number of benzene rings is 1. The fraction of sp³-hybridized carbons (Fsp3) is 0.300. The fourth-order valence-electron chi connectivity index (χ4n) is 3.07. The molecule has 1 aromatic heterocycles. The van der Waals surface area contributed by atoms with Crippen molar-refractivity contribution in [3.05, 3.63) is 65.0 Å². The molecule has 2 N–H and O–H groups in total. The van der Waals surface area contributed by atoms with Crippen LogP contribution >= 0.6 is 0 Å². The van der Waals surface area contributed by atoms with Gasteiger partial charge in [0.05, 0.1) is 5.56 Å². The molecular weight excluding hydrogens is 409 g/mol. The van der Waals surface area contributed by atoms with Gasteiger partial charge in [0, 0.05) is 31.6 Å². The summed E-state index contributed by atoms with van der Waals surface area (Å²) in [5.41, 5.74) is -0.160. The summed E-state index contributed by atoms with van der Waals surface area (Å²) in [5.74, 6) is -2.00. The number of hydrogen-bond donors (Lipinski definition) is 2. The molecule has 160 valence electrons. The van der Waals surface area contributed by atoms with E-state index >= 15 is 0 Å². The van der Waals surface area contributed by atoms with Crippen molar-refractivity contribution in [2.75, 3.05) is 25.0 Å². The largest absolute Gasteiger partial charge is 0.419 e. The molecule has 0 unspecified atom stereocenters. The van der Waals surface area contributed by atoms with Gasteiger partial charge in [0.15, 0.2) is 0 Å². The lowest BCUT2D eigenvalue weighted by Gasteiger charge is -2.26. The van der Waals surface area contributed by atoms with Crippen LogP contribution in [0.3, 0.4) is 0 Å². The van der Waals surface area contributed by atoms with Crippen LogP contribution in [0.5, 0.6) is 0 Å². The van der Waals surface area contributed by atoms with Crippen LogP contribution in [0.2, 0.25) is 0 Å². The summed E-state index contributed by atoms with van der Waals surface area (Å²) >= 11 is 0. The van der Waals surface area contributed by atoms with Gasteiger partial charge in [-0.25, -0.2) is 13.6 Å². The molecule has 2 aromatic rings. The van der Waals surface area contributed by atoms with Gasteiger partial charge in [-0.2, -0.15) is 13.2 Å². The molecule has 0 fully saturated rings. The zero-order valence-corrected chi connectivity index (χ0v) is 15.6. The average Bonchev–Trinajstić information content (AvgIpc) is 2.67. The topological polar surface area (TPSA) is 65.5 Å². The molecule has 3 rings (SSSR count). The third kappa shape index (κ3) is 4.93. The Balaban J connectivity index is 1.65. The third-order valence-corrected chi connectivity index (χ3v) is 4.62. The van der Waals surface area contributed by atoms with Crippen molar-refractivity contribution in [3.8, 4) is 0 Å². The van der Waals surface area contributed by atoms with Gasteiger partial charge in [0.2, 0.25) is 0 Å². The predicted molar refractivity (Wildman–Crippen MR) is 99.6 cm³/mol. The summed E-state index contributed by atoms with van der Waals surface area (Å²) < 4.78 is 65.7. The fourth-order valence-corrected chi connectivity index (χ4v) is 3.07. The van der Waals surface area contributed by atoms with Crippen molar-refractivity contribution >= 4 is 17.3 Å². The zero-order chi connectivity index (χ0) is 21.9. The molecule has 5 nitrogen and oxygen atoms in total. The molecule has 0 radical (unpaired) electrons. The molecule has 2 amide bonds. The second-order valence-corrected chi connectivity index (χ2v) is 6.70. The van der Waals surface area contributed by atoms with E-state index in [1.165, 1.54) is 17.2 Å². The Bertz CT molecular complexity index is 975. The number of hydrogen-bond acceptors (Lipinski definition) is 3. The molecule has 1 aliphatic heterocycles. The number of carbonyl (C=O) groups is 1. The van der Waals surface area contributed by atoms with Crippen molar-refractivity contribution < 1.29 is 31.9 Å². The molecule has 1 aromatic carbocycles. The normalized spacial score (nSPS) is 14.5. The molecule has 0 atom stereocenters. The number of urea groups is 1. The maximum Gasteiger partial charge on any atom is 0.419 e. The number of aromatic nitrogens is 1. The molecule has 0 spiro atoms. The first kappa shape index (κ1) is 21.7. The number of aliphatic hydroxyl groups is 1. The highest BCUT2D eigenvalue weighted by molar-refractivity contribution is 5.90. The summed E-state index contributed by atoms with van der Waals surface area (Å²) in [6.07, 6.45) is -1.10. The van der Waals surface area contributed by atoms with E-state index in [1.54, 1.807) is 6.08 Å². The summed E-state index contributed by atoms with van der Waals surface area (Å²) in [5, 5.41) is 11.3. The Hall–Kier alpha value is -3.01. The predicted octanol–water partition coefficient (Wildman–Crippen LogP) is 4.23. The van der Waals surface area contributed by atoms with E-state index in [9.17, 15) is 26.7 Å². The molecule has 2 heterocycles. The lowest BCUT2D eigenvalue weighted by molar-refractivity contribution is -0.139. The number of alkyl halides is 3. The standard InChI is InChI=1S/C20H18F5N3O2/c21-16-10-14(1-2-15(16)20(23,24)25)27-19(30)28-6-3-13(4-7-28)18-17(22)9-12(5-8-29)11-26-18/h1-3,9-11,29H,4-8H2,(H,27,30). The number of carbonyl (C=O) groups excluding carboxylic acids is 1. The minimum Gasteiger partial charge on any atom is -0.396 e. The summed E-state index contributed by atoms with van der Waals surface area (Å²) in [7, 11) is 0. The minimum atomic E-state index is -4.82. The van der Waals surface area contributed by atoms with Gasteiger partial charge < -0.3 is 15.3 Å². The molecule has 0 saturated heterocycles. The van der Waals surface area contributed by atoms with Crippen LogP contribution in [0.4, 0.5) is 32.4 Å². The van der Waals surface area contributed by atoms with Crippen molar-refractivity contribution in [2.24, 2.45) is 0 Å². The molecule has 0 bridgehead atoms. The molecule has 0 saturated carbocycles. The second-order valence-electron chi connectivity index (χ2n) is 6.70. The summed E-state index contributed by atoms with van der Waals surface area (Å²) in [6, 6.07) is 2.84. The van der Waals surface area contributed by atoms with E-state index < -0.39 is 29.4 Å². The van der Waals surface area contributed by atoms with Crippen molar-refractivity contribution in [2.45, 2.75) is 19.0 Å². The molecule has 0 aliphatic carbocycles. The first-order valence-corrected chi connectivity index (χ1v) is 9.06.